The lowest BCUT2D eigenvalue weighted by atomic mass is 10.1. The molecule has 1 rings (SSSR count). The molecule has 1 saturated heterocycles. The van der Waals surface area contributed by atoms with E-state index >= 15 is 0 Å². The molecule has 0 aromatic carbocycles. The van der Waals surface area contributed by atoms with Gasteiger partial charge in [0.2, 0.25) is 0 Å². The van der Waals surface area contributed by atoms with Crippen LogP contribution in [0.2, 0.25) is 0 Å². The molecule has 0 aromatic rings. The van der Waals surface area contributed by atoms with Crippen LogP contribution in [0.5, 0.6) is 0 Å². The van der Waals surface area contributed by atoms with Crippen LogP contribution in [0.15, 0.2) is 0 Å². The zero-order valence-corrected chi connectivity index (χ0v) is 10.4. The highest BCUT2D eigenvalue weighted by Crippen LogP contribution is 2.21. The molecule has 0 radical (unpaired) electrons. The Labute approximate surface area is 95.3 Å². The first-order valence-electron chi connectivity index (χ1n) is 5.18. The summed E-state index contributed by atoms with van der Waals surface area (Å²) in [5.74, 6) is 2.39. The number of thioether (sulfide) groups is 1. The third-order valence-corrected chi connectivity index (χ3v) is 3.44. The van der Waals surface area contributed by atoms with E-state index in [1.807, 2.05) is 32.5 Å². The monoisotopic (exact) mass is 232 g/mol. The van der Waals surface area contributed by atoms with Crippen molar-refractivity contribution in [3.63, 3.8) is 0 Å². The minimum absolute atomic E-state index is 0.199. The normalized spacial score (nSPS) is 26.4. The Balaban J connectivity index is 2.22. The van der Waals surface area contributed by atoms with Crippen LogP contribution in [-0.4, -0.2) is 35.8 Å². The van der Waals surface area contributed by atoms with Crippen LogP contribution in [0.3, 0.4) is 0 Å². The zero-order chi connectivity index (χ0) is 11.5. The van der Waals surface area contributed by atoms with E-state index in [2.05, 4.69) is 5.32 Å². The summed E-state index contributed by atoms with van der Waals surface area (Å²) in [6, 6.07) is 0.199. The number of alkyl carbamates (subject to hydrolysis) is 1. The maximum atomic E-state index is 11.3. The average Bonchev–Trinajstić information content (AvgIpc) is 2.44. The number of nitrogens with one attached hydrogen (secondary N) is 1. The fraction of sp³-hybridized carbons (Fsp3) is 0.900. The van der Waals surface area contributed by atoms with E-state index in [4.69, 9.17) is 10.5 Å². The van der Waals surface area contributed by atoms with Crippen LogP contribution in [0.4, 0.5) is 4.79 Å². The van der Waals surface area contributed by atoms with Crippen LogP contribution in [-0.2, 0) is 4.74 Å². The van der Waals surface area contributed by atoms with E-state index in [0.717, 1.165) is 11.5 Å². The topological polar surface area (TPSA) is 64.3 Å². The molecule has 0 saturated carbocycles. The second kappa shape index (κ2) is 5.07. The minimum atomic E-state index is -0.434. The molecule has 4 nitrogen and oxygen atoms in total. The standard InChI is InChI=1S/C10H20N2O2S/c1-10(2,3)14-9(13)12-4-7-5-15-6-8(7)11/h7-8H,4-6,11H2,1-3H3,(H,12,13)/t7-,8-/m1/s1. The summed E-state index contributed by atoms with van der Waals surface area (Å²) < 4.78 is 5.14. The average molecular weight is 232 g/mol. The summed E-state index contributed by atoms with van der Waals surface area (Å²) in [5.41, 5.74) is 5.45. The van der Waals surface area contributed by atoms with Crippen molar-refractivity contribution in [1.29, 1.82) is 0 Å². The molecule has 1 heterocycles. The Morgan fingerprint density at radius 3 is 2.67 bits per heavy atom. The van der Waals surface area contributed by atoms with Gasteiger partial charge in [0, 0.05) is 24.3 Å². The van der Waals surface area contributed by atoms with Crippen LogP contribution in [0.25, 0.3) is 0 Å². The van der Waals surface area contributed by atoms with Crippen molar-refractivity contribution in [2.75, 3.05) is 18.1 Å². The molecule has 0 bridgehead atoms. The van der Waals surface area contributed by atoms with Gasteiger partial charge in [0.15, 0.2) is 0 Å². The number of rotatable bonds is 2. The molecule has 15 heavy (non-hydrogen) atoms. The molecular formula is C10H20N2O2S. The number of nitrogens with two attached hydrogens (primary N) is 1. The third kappa shape index (κ3) is 4.75. The SMILES string of the molecule is CC(C)(C)OC(=O)NC[C@@H]1CSC[C@H]1N. The van der Waals surface area contributed by atoms with E-state index < -0.39 is 5.60 Å². The zero-order valence-electron chi connectivity index (χ0n) is 9.58. The van der Waals surface area contributed by atoms with E-state index in [1.165, 1.54) is 0 Å². The summed E-state index contributed by atoms with van der Waals surface area (Å²) in [5, 5.41) is 2.76. The summed E-state index contributed by atoms with van der Waals surface area (Å²) in [6.07, 6.45) is -0.355. The summed E-state index contributed by atoms with van der Waals surface area (Å²) >= 11 is 1.84. The molecule has 1 amide bonds. The Hall–Kier alpha value is -0.420. The van der Waals surface area contributed by atoms with Gasteiger partial charge in [0.25, 0.3) is 0 Å². The molecule has 1 aliphatic heterocycles. The fourth-order valence-electron chi connectivity index (χ4n) is 1.35. The molecule has 1 fully saturated rings. The summed E-state index contributed by atoms with van der Waals surface area (Å²) in [7, 11) is 0. The predicted molar refractivity (Wildman–Crippen MR) is 63.0 cm³/mol. The summed E-state index contributed by atoms with van der Waals surface area (Å²) in [6.45, 7) is 6.17. The minimum Gasteiger partial charge on any atom is -0.444 e. The van der Waals surface area contributed by atoms with Gasteiger partial charge in [0.1, 0.15) is 5.60 Å². The van der Waals surface area contributed by atoms with Gasteiger partial charge in [-0.1, -0.05) is 0 Å². The first-order chi connectivity index (χ1) is 6.88. The molecule has 0 aliphatic carbocycles. The predicted octanol–water partition coefficient (Wildman–Crippen LogP) is 1.20. The van der Waals surface area contributed by atoms with Crippen molar-refractivity contribution < 1.29 is 9.53 Å². The largest absolute Gasteiger partial charge is 0.444 e. The van der Waals surface area contributed by atoms with Crippen molar-refractivity contribution in [3.8, 4) is 0 Å². The first-order valence-corrected chi connectivity index (χ1v) is 6.34. The van der Waals surface area contributed by atoms with E-state index in [0.29, 0.717) is 12.5 Å². The lowest BCUT2D eigenvalue weighted by Crippen LogP contribution is -2.40. The van der Waals surface area contributed by atoms with Crippen molar-refractivity contribution in [2.24, 2.45) is 11.7 Å². The fourth-order valence-corrected chi connectivity index (χ4v) is 2.70. The van der Waals surface area contributed by atoms with Crippen LogP contribution in [0, 0.1) is 5.92 Å². The van der Waals surface area contributed by atoms with E-state index in [1.54, 1.807) is 0 Å². The summed E-state index contributed by atoms with van der Waals surface area (Å²) in [4.78, 5) is 11.3. The van der Waals surface area contributed by atoms with Crippen LogP contribution >= 0.6 is 11.8 Å². The number of amides is 1. The van der Waals surface area contributed by atoms with Gasteiger partial charge >= 0.3 is 6.09 Å². The molecular weight excluding hydrogens is 212 g/mol. The van der Waals surface area contributed by atoms with Gasteiger partial charge in [0.05, 0.1) is 0 Å². The molecule has 3 N–H and O–H groups in total. The third-order valence-electron chi connectivity index (χ3n) is 2.16. The number of carbonyl (C=O) groups excluding carboxylic acids is 1. The van der Waals surface area contributed by atoms with Crippen LogP contribution in [0.1, 0.15) is 20.8 Å². The molecule has 0 spiro atoms. The highest BCUT2D eigenvalue weighted by Gasteiger charge is 2.25. The number of ether oxygens (including phenoxy) is 1. The highest BCUT2D eigenvalue weighted by atomic mass is 32.2. The molecule has 5 heteroatoms. The van der Waals surface area contributed by atoms with Gasteiger partial charge in [-0.05, 0) is 26.5 Å². The van der Waals surface area contributed by atoms with Crippen LogP contribution < -0.4 is 11.1 Å². The Morgan fingerprint density at radius 1 is 1.53 bits per heavy atom. The van der Waals surface area contributed by atoms with Gasteiger partial charge in [-0.2, -0.15) is 11.8 Å². The Kier molecular flexibility index (Phi) is 4.28. The first kappa shape index (κ1) is 12.6. The highest BCUT2D eigenvalue weighted by molar-refractivity contribution is 7.99. The van der Waals surface area contributed by atoms with Crippen molar-refractivity contribution >= 4 is 17.9 Å². The van der Waals surface area contributed by atoms with Crippen molar-refractivity contribution in [1.82, 2.24) is 5.32 Å². The van der Waals surface area contributed by atoms with E-state index in [9.17, 15) is 4.79 Å². The number of hydrogen-bond acceptors (Lipinski definition) is 4. The lowest BCUT2D eigenvalue weighted by Gasteiger charge is -2.21. The maximum absolute atomic E-state index is 11.3. The Morgan fingerprint density at radius 2 is 2.20 bits per heavy atom. The molecule has 2 atom stereocenters. The van der Waals surface area contributed by atoms with Gasteiger partial charge in [-0.3, -0.25) is 0 Å². The molecule has 1 aliphatic rings. The molecule has 0 aromatic heterocycles. The smallest absolute Gasteiger partial charge is 0.407 e. The van der Waals surface area contributed by atoms with Crippen molar-refractivity contribution in [2.45, 2.75) is 32.4 Å². The Bertz CT molecular complexity index is 228. The second-order valence-electron chi connectivity index (χ2n) is 4.84. The van der Waals surface area contributed by atoms with Crippen molar-refractivity contribution in [3.05, 3.63) is 0 Å². The quantitative estimate of drug-likeness (QED) is 0.751. The molecule has 0 unspecified atom stereocenters. The second-order valence-corrected chi connectivity index (χ2v) is 5.92. The molecule has 88 valence electrons. The maximum Gasteiger partial charge on any atom is 0.407 e. The number of carbonyl (C=O) groups is 1. The lowest BCUT2D eigenvalue weighted by molar-refractivity contribution is 0.0520. The van der Waals surface area contributed by atoms with Gasteiger partial charge in [-0.15, -0.1) is 0 Å². The number of hydrogen-bond donors (Lipinski definition) is 2. The van der Waals surface area contributed by atoms with Gasteiger partial charge in [-0.25, -0.2) is 4.79 Å². The van der Waals surface area contributed by atoms with E-state index in [-0.39, 0.29) is 12.1 Å². The van der Waals surface area contributed by atoms with Gasteiger partial charge < -0.3 is 15.8 Å².